The minimum Gasteiger partial charge on any atom is -0.491 e. The fourth-order valence-electron chi connectivity index (χ4n) is 5.88. The van der Waals surface area contributed by atoms with Crippen molar-refractivity contribution >= 4 is 20.0 Å². The van der Waals surface area contributed by atoms with Crippen molar-refractivity contribution in [3.05, 3.63) is 53.6 Å². The Kier molecular flexibility index (Phi) is 8.86. The summed E-state index contributed by atoms with van der Waals surface area (Å²) in [5, 5.41) is 13.8. The first-order chi connectivity index (χ1) is 19.1. The lowest BCUT2D eigenvalue weighted by molar-refractivity contribution is -0.0312. The first-order valence-corrected chi connectivity index (χ1v) is 16.9. The highest BCUT2D eigenvalue weighted by Gasteiger charge is 2.44. The van der Waals surface area contributed by atoms with Crippen molar-refractivity contribution in [2.24, 2.45) is 0 Å². The molecule has 1 unspecified atom stereocenters. The van der Waals surface area contributed by atoms with Gasteiger partial charge in [0.05, 0.1) is 22.0 Å². The smallest absolute Gasteiger partial charge is 0.243 e. The van der Waals surface area contributed by atoms with E-state index in [-0.39, 0.29) is 29.7 Å². The van der Waals surface area contributed by atoms with Crippen LogP contribution in [0.5, 0.6) is 5.75 Å². The van der Waals surface area contributed by atoms with E-state index in [0.29, 0.717) is 43.2 Å². The van der Waals surface area contributed by atoms with E-state index in [4.69, 9.17) is 9.47 Å². The Morgan fingerprint density at radius 2 is 1.80 bits per heavy atom. The van der Waals surface area contributed by atoms with Crippen LogP contribution in [0, 0.1) is 0 Å². The fraction of sp³-hybridized carbons (Fsp3) is 0.571. The number of aliphatic hydroxyl groups excluding tert-OH is 1. The number of nitrogens with zero attached hydrogens (tertiary/aromatic N) is 1. The summed E-state index contributed by atoms with van der Waals surface area (Å²) in [6.07, 6.45) is 5.45. The number of rotatable bonds is 10. The number of aryl methyl sites for hydroxylation is 2. The van der Waals surface area contributed by atoms with Gasteiger partial charge in [-0.15, -0.1) is 0 Å². The van der Waals surface area contributed by atoms with E-state index in [2.05, 4.69) is 10.0 Å². The van der Waals surface area contributed by atoms with Crippen molar-refractivity contribution in [2.45, 2.75) is 72.5 Å². The summed E-state index contributed by atoms with van der Waals surface area (Å²) in [5.41, 5.74) is 2.07. The van der Waals surface area contributed by atoms with Gasteiger partial charge in [-0.05, 0) is 87.4 Å². The number of sulfonamides is 2. The summed E-state index contributed by atoms with van der Waals surface area (Å²) < 4.78 is 66.3. The topological polar surface area (TPSA) is 134 Å². The molecular formula is C28H39N3O7S2. The van der Waals surface area contributed by atoms with E-state index in [1.165, 1.54) is 24.7 Å². The molecule has 12 heteroatoms. The molecule has 5 rings (SSSR count). The largest absolute Gasteiger partial charge is 0.491 e. The Bertz CT molecular complexity index is 1410. The highest BCUT2D eigenvalue weighted by atomic mass is 32.2. The Labute approximate surface area is 237 Å². The molecule has 40 heavy (non-hydrogen) atoms. The maximum atomic E-state index is 13.4. The standard InChI is InChI=1S/C28H39N3O7S2/c1-29-39(33,34)26-8-4-7-25(16-26)37-20-24(32)18-30-23-17-28(38-19-23)11-13-31(14-12-28)40(35,36)27-10-9-21-5-2-3-6-22(21)15-27/h4,7-10,15-16,23-24,29-30,32H,2-3,5-6,11-14,17-20H2,1H3/t23?,24-/m0/s1. The van der Waals surface area contributed by atoms with Gasteiger partial charge in [-0.3, -0.25) is 0 Å². The molecule has 2 aliphatic heterocycles. The van der Waals surface area contributed by atoms with Gasteiger partial charge in [-0.25, -0.2) is 21.6 Å². The zero-order chi connectivity index (χ0) is 28.4. The molecule has 0 radical (unpaired) electrons. The summed E-state index contributed by atoms with van der Waals surface area (Å²) in [7, 11) is -5.78. The lowest BCUT2D eigenvalue weighted by atomic mass is 9.88. The van der Waals surface area contributed by atoms with Gasteiger partial charge in [-0.2, -0.15) is 4.31 Å². The molecule has 2 heterocycles. The van der Waals surface area contributed by atoms with Crippen molar-refractivity contribution < 1.29 is 31.4 Å². The molecule has 0 saturated carbocycles. The van der Waals surface area contributed by atoms with Crippen molar-refractivity contribution in [2.75, 3.05) is 39.9 Å². The third kappa shape index (κ3) is 6.53. The van der Waals surface area contributed by atoms with Crippen molar-refractivity contribution in [1.29, 1.82) is 0 Å². The highest BCUT2D eigenvalue weighted by Crippen LogP contribution is 2.37. The van der Waals surface area contributed by atoms with E-state index >= 15 is 0 Å². The average Bonchev–Trinajstić information content (AvgIpc) is 3.37. The molecule has 1 aliphatic carbocycles. The van der Waals surface area contributed by atoms with Crippen molar-refractivity contribution in [3.63, 3.8) is 0 Å². The van der Waals surface area contributed by atoms with Crippen molar-refractivity contribution in [3.8, 4) is 5.75 Å². The van der Waals surface area contributed by atoms with Gasteiger partial charge in [0.1, 0.15) is 18.5 Å². The lowest BCUT2D eigenvalue weighted by Gasteiger charge is -2.38. The van der Waals surface area contributed by atoms with E-state index in [0.717, 1.165) is 37.7 Å². The molecule has 10 nitrogen and oxygen atoms in total. The quantitative estimate of drug-likeness (QED) is 0.380. The van der Waals surface area contributed by atoms with Gasteiger partial charge in [0, 0.05) is 31.7 Å². The summed E-state index contributed by atoms with van der Waals surface area (Å²) in [6.45, 7) is 1.63. The molecule has 3 N–H and O–H groups in total. The monoisotopic (exact) mass is 593 g/mol. The molecule has 2 aromatic rings. The van der Waals surface area contributed by atoms with Crippen LogP contribution in [0.15, 0.2) is 52.3 Å². The number of hydrogen-bond donors (Lipinski definition) is 3. The minimum absolute atomic E-state index is 0.00425. The predicted molar refractivity (Wildman–Crippen MR) is 150 cm³/mol. The number of fused-ring (bicyclic) bond motifs is 1. The Morgan fingerprint density at radius 3 is 2.55 bits per heavy atom. The summed E-state index contributed by atoms with van der Waals surface area (Å²) in [5.74, 6) is 0.357. The molecule has 2 aromatic carbocycles. The fourth-order valence-corrected chi connectivity index (χ4v) is 8.14. The van der Waals surface area contributed by atoms with Crippen LogP contribution in [0.25, 0.3) is 0 Å². The highest BCUT2D eigenvalue weighted by molar-refractivity contribution is 7.89. The first-order valence-electron chi connectivity index (χ1n) is 13.9. The maximum Gasteiger partial charge on any atom is 0.243 e. The average molecular weight is 594 g/mol. The molecule has 0 aromatic heterocycles. The van der Waals surface area contributed by atoms with Gasteiger partial charge < -0.3 is 19.9 Å². The van der Waals surface area contributed by atoms with Crippen LogP contribution >= 0.6 is 0 Å². The van der Waals surface area contributed by atoms with Gasteiger partial charge in [0.2, 0.25) is 20.0 Å². The molecular weight excluding hydrogens is 554 g/mol. The van der Waals surface area contributed by atoms with E-state index in [1.807, 2.05) is 12.1 Å². The second-order valence-corrected chi connectivity index (χ2v) is 14.8. The van der Waals surface area contributed by atoms with Crippen LogP contribution < -0.4 is 14.8 Å². The number of aliphatic hydroxyl groups is 1. The zero-order valence-corrected chi connectivity index (χ0v) is 24.5. The third-order valence-corrected chi connectivity index (χ3v) is 11.6. The molecule has 1 spiro atoms. The van der Waals surface area contributed by atoms with Crippen LogP contribution in [-0.4, -0.2) is 83.9 Å². The Hall–Kier alpha value is -2.06. The Morgan fingerprint density at radius 1 is 1.05 bits per heavy atom. The van der Waals surface area contributed by atoms with E-state index < -0.39 is 26.2 Å². The number of hydrogen-bond acceptors (Lipinski definition) is 8. The molecule has 2 atom stereocenters. The molecule has 220 valence electrons. The van der Waals surface area contributed by atoms with Crippen LogP contribution in [0.2, 0.25) is 0 Å². The van der Waals surface area contributed by atoms with Crippen molar-refractivity contribution in [1.82, 2.24) is 14.3 Å². The second-order valence-electron chi connectivity index (χ2n) is 11.0. The number of benzene rings is 2. The van der Waals surface area contributed by atoms with E-state index in [9.17, 15) is 21.9 Å². The third-order valence-electron chi connectivity index (χ3n) is 8.27. The van der Waals surface area contributed by atoms with Gasteiger partial charge >= 0.3 is 0 Å². The molecule has 0 amide bonds. The van der Waals surface area contributed by atoms with Crippen LogP contribution in [-0.2, 0) is 37.6 Å². The molecule has 2 fully saturated rings. The maximum absolute atomic E-state index is 13.4. The molecule has 0 bridgehead atoms. The van der Waals surface area contributed by atoms with Gasteiger partial charge in [0.25, 0.3) is 0 Å². The lowest BCUT2D eigenvalue weighted by Crippen LogP contribution is -2.47. The summed E-state index contributed by atoms with van der Waals surface area (Å²) in [6, 6.07) is 11.8. The van der Waals surface area contributed by atoms with Crippen LogP contribution in [0.3, 0.4) is 0 Å². The SMILES string of the molecule is CNS(=O)(=O)c1cccc(OC[C@@H](O)CNC2COC3(CCN(S(=O)(=O)c4ccc5c(c4)CCCC5)CC3)C2)c1. The number of nitrogens with one attached hydrogen (secondary N) is 2. The first kappa shape index (κ1) is 29.4. The zero-order valence-electron chi connectivity index (χ0n) is 22.8. The second kappa shape index (κ2) is 12.0. The molecule has 2 saturated heterocycles. The Balaban J connectivity index is 1.08. The van der Waals surface area contributed by atoms with Crippen LogP contribution in [0.4, 0.5) is 0 Å². The minimum atomic E-state index is -3.58. The normalized spacial score (nSPS) is 22.2. The number of ether oxygens (including phenoxy) is 2. The molecule has 3 aliphatic rings. The summed E-state index contributed by atoms with van der Waals surface area (Å²) in [4.78, 5) is 0.484. The summed E-state index contributed by atoms with van der Waals surface area (Å²) >= 11 is 0. The van der Waals surface area contributed by atoms with Gasteiger partial charge in [0.15, 0.2) is 0 Å². The van der Waals surface area contributed by atoms with E-state index in [1.54, 1.807) is 22.5 Å². The number of piperidine rings is 1. The predicted octanol–water partition coefficient (Wildman–Crippen LogP) is 1.82. The van der Waals surface area contributed by atoms with Gasteiger partial charge in [-0.1, -0.05) is 12.1 Å². The van der Waals surface area contributed by atoms with Crippen LogP contribution in [0.1, 0.15) is 43.2 Å².